The summed E-state index contributed by atoms with van der Waals surface area (Å²) in [5.74, 6) is -0.841. The number of methoxy groups -OCH3 is 2. The summed E-state index contributed by atoms with van der Waals surface area (Å²) in [5, 5.41) is 3.17. The molecule has 6 nitrogen and oxygen atoms in total. The molecule has 0 radical (unpaired) electrons. The Labute approximate surface area is 164 Å². The maximum atomic E-state index is 12.3. The van der Waals surface area contributed by atoms with Gasteiger partial charge >= 0.3 is 5.97 Å². The number of nitrogens with one attached hydrogen (secondary N) is 1. The lowest BCUT2D eigenvalue weighted by Crippen LogP contribution is -2.21. The molecule has 0 aliphatic carbocycles. The second kappa shape index (κ2) is 8.98. The van der Waals surface area contributed by atoms with Gasteiger partial charge < -0.3 is 19.5 Å². The standard InChI is InChI=1S/C17H14Cl3NO5/c1-24-13-4-3-5-14(25-2)16(13)17(23)26-8-15(22)21-12-7-10(19)9(18)6-11(12)20/h3-7H,8H2,1-2H3,(H,21,22). The summed E-state index contributed by atoms with van der Waals surface area (Å²) in [6.07, 6.45) is 0. The first-order valence-corrected chi connectivity index (χ1v) is 8.33. The lowest BCUT2D eigenvalue weighted by molar-refractivity contribution is -0.119. The molecule has 2 aromatic rings. The number of hydrogen-bond acceptors (Lipinski definition) is 5. The molecule has 0 bridgehead atoms. The summed E-state index contributed by atoms with van der Waals surface area (Å²) in [6.45, 7) is -0.545. The quantitative estimate of drug-likeness (QED) is 0.554. The SMILES string of the molecule is COc1cccc(OC)c1C(=O)OCC(=O)Nc1cc(Cl)c(Cl)cc1Cl. The molecular formula is C17H14Cl3NO5. The average molecular weight is 419 g/mol. The molecular weight excluding hydrogens is 405 g/mol. The second-order valence-corrected chi connectivity index (χ2v) is 6.13. The molecule has 0 fully saturated rings. The van der Waals surface area contributed by atoms with Gasteiger partial charge in [0, 0.05) is 0 Å². The van der Waals surface area contributed by atoms with Gasteiger partial charge in [-0.2, -0.15) is 0 Å². The van der Waals surface area contributed by atoms with E-state index in [0.29, 0.717) is 0 Å². The van der Waals surface area contributed by atoms with Crippen LogP contribution >= 0.6 is 34.8 Å². The van der Waals surface area contributed by atoms with Crippen LogP contribution in [0.2, 0.25) is 15.1 Å². The maximum absolute atomic E-state index is 12.3. The Kier molecular flexibility index (Phi) is 6.97. The normalized spacial score (nSPS) is 10.2. The van der Waals surface area contributed by atoms with Crippen LogP contribution in [0.1, 0.15) is 10.4 Å². The van der Waals surface area contributed by atoms with Gasteiger partial charge in [0.1, 0.15) is 17.1 Å². The van der Waals surface area contributed by atoms with Crippen molar-refractivity contribution in [2.45, 2.75) is 0 Å². The van der Waals surface area contributed by atoms with Crippen molar-refractivity contribution in [2.24, 2.45) is 0 Å². The zero-order valence-electron chi connectivity index (χ0n) is 13.8. The number of ether oxygens (including phenoxy) is 3. The topological polar surface area (TPSA) is 73.9 Å². The zero-order chi connectivity index (χ0) is 19.3. The summed E-state index contributed by atoms with van der Waals surface area (Å²) in [4.78, 5) is 24.3. The van der Waals surface area contributed by atoms with Crippen LogP contribution in [-0.4, -0.2) is 32.7 Å². The molecule has 9 heteroatoms. The van der Waals surface area contributed by atoms with E-state index in [0.717, 1.165) is 0 Å². The van der Waals surface area contributed by atoms with Crippen LogP contribution in [0.4, 0.5) is 5.69 Å². The molecule has 138 valence electrons. The minimum absolute atomic E-state index is 0.0814. The van der Waals surface area contributed by atoms with Gasteiger partial charge in [-0.15, -0.1) is 0 Å². The van der Waals surface area contributed by atoms with Gasteiger partial charge in [0.05, 0.1) is 35.0 Å². The number of rotatable bonds is 6. The minimum atomic E-state index is -0.769. The fourth-order valence-electron chi connectivity index (χ4n) is 2.06. The number of anilines is 1. The Bertz CT molecular complexity index is 819. The van der Waals surface area contributed by atoms with Gasteiger partial charge in [0.25, 0.3) is 5.91 Å². The molecule has 0 spiro atoms. The lowest BCUT2D eigenvalue weighted by Gasteiger charge is -2.13. The van der Waals surface area contributed by atoms with E-state index in [-0.39, 0.29) is 37.8 Å². The van der Waals surface area contributed by atoms with Crippen molar-refractivity contribution in [3.8, 4) is 11.5 Å². The van der Waals surface area contributed by atoms with E-state index in [9.17, 15) is 9.59 Å². The summed E-state index contributed by atoms with van der Waals surface area (Å²) in [5.41, 5.74) is 0.329. The van der Waals surface area contributed by atoms with Crippen LogP contribution in [0.25, 0.3) is 0 Å². The van der Waals surface area contributed by atoms with Gasteiger partial charge in [0.15, 0.2) is 6.61 Å². The van der Waals surface area contributed by atoms with E-state index in [1.165, 1.54) is 26.4 Å². The Morgan fingerprint density at radius 2 is 1.54 bits per heavy atom. The van der Waals surface area contributed by atoms with Crippen LogP contribution in [0.3, 0.4) is 0 Å². The monoisotopic (exact) mass is 417 g/mol. The number of amides is 1. The smallest absolute Gasteiger partial charge is 0.346 e. The fourth-order valence-corrected chi connectivity index (χ4v) is 2.65. The molecule has 0 saturated carbocycles. The number of benzene rings is 2. The minimum Gasteiger partial charge on any atom is -0.496 e. The Hall–Kier alpha value is -2.15. The molecule has 0 unspecified atom stereocenters. The van der Waals surface area contributed by atoms with Crippen LogP contribution in [0.15, 0.2) is 30.3 Å². The molecule has 0 heterocycles. The Morgan fingerprint density at radius 1 is 0.962 bits per heavy atom. The van der Waals surface area contributed by atoms with Gasteiger partial charge in [0.2, 0.25) is 0 Å². The molecule has 26 heavy (non-hydrogen) atoms. The fraction of sp³-hybridized carbons (Fsp3) is 0.176. The summed E-state index contributed by atoms with van der Waals surface area (Å²) in [6, 6.07) is 7.61. The third kappa shape index (κ3) is 4.72. The van der Waals surface area contributed by atoms with Gasteiger partial charge in [-0.3, -0.25) is 4.79 Å². The molecule has 0 aromatic heterocycles. The van der Waals surface area contributed by atoms with E-state index >= 15 is 0 Å². The molecule has 2 aromatic carbocycles. The van der Waals surface area contributed by atoms with Crippen LogP contribution in [0, 0.1) is 0 Å². The highest BCUT2D eigenvalue weighted by molar-refractivity contribution is 6.44. The van der Waals surface area contributed by atoms with E-state index in [2.05, 4.69) is 5.32 Å². The van der Waals surface area contributed by atoms with E-state index in [1.54, 1.807) is 18.2 Å². The Morgan fingerprint density at radius 3 is 2.12 bits per heavy atom. The number of hydrogen-bond donors (Lipinski definition) is 1. The van der Waals surface area contributed by atoms with Crippen molar-refractivity contribution in [1.82, 2.24) is 0 Å². The highest BCUT2D eigenvalue weighted by atomic mass is 35.5. The third-order valence-corrected chi connectivity index (χ3v) is 4.29. The lowest BCUT2D eigenvalue weighted by atomic mass is 10.2. The number of esters is 1. The van der Waals surface area contributed by atoms with Crippen molar-refractivity contribution >= 4 is 52.4 Å². The van der Waals surface area contributed by atoms with Crippen molar-refractivity contribution in [3.05, 3.63) is 51.0 Å². The predicted octanol–water partition coefficient (Wildman–Crippen LogP) is 4.46. The molecule has 1 N–H and O–H groups in total. The second-order valence-electron chi connectivity index (χ2n) is 4.91. The molecule has 1 amide bonds. The summed E-state index contributed by atoms with van der Waals surface area (Å²) >= 11 is 17.7. The van der Waals surface area contributed by atoms with Crippen molar-refractivity contribution in [1.29, 1.82) is 0 Å². The molecule has 0 aliphatic rings. The Balaban J connectivity index is 2.06. The van der Waals surface area contributed by atoms with Crippen molar-refractivity contribution < 1.29 is 23.8 Å². The van der Waals surface area contributed by atoms with Gasteiger partial charge in [-0.05, 0) is 24.3 Å². The first kappa shape index (κ1) is 20.2. The third-order valence-electron chi connectivity index (χ3n) is 3.25. The van der Waals surface area contributed by atoms with Crippen LogP contribution in [0.5, 0.6) is 11.5 Å². The number of halogens is 3. The van der Waals surface area contributed by atoms with E-state index in [1.807, 2.05) is 0 Å². The van der Waals surface area contributed by atoms with Crippen molar-refractivity contribution in [3.63, 3.8) is 0 Å². The first-order chi connectivity index (χ1) is 12.4. The van der Waals surface area contributed by atoms with Gasteiger partial charge in [-0.25, -0.2) is 4.79 Å². The molecule has 0 aliphatic heterocycles. The average Bonchev–Trinajstić information content (AvgIpc) is 2.63. The molecule has 2 rings (SSSR count). The highest BCUT2D eigenvalue weighted by Gasteiger charge is 2.21. The summed E-state index contributed by atoms with van der Waals surface area (Å²) < 4.78 is 15.3. The van der Waals surface area contributed by atoms with Gasteiger partial charge in [-0.1, -0.05) is 40.9 Å². The zero-order valence-corrected chi connectivity index (χ0v) is 16.0. The largest absolute Gasteiger partial charge is 0.496 e. The van der Waals surface area contributed by atoms with E-state index in [4.69, 9.17) is 49.0 Å². The van der Waals surface area contributed by atoms with Crippen LogP contribution < -0.4 is 14.8 Å². The number of carbonyl (C=O) groups is 2. The maximum Gasteiger partial charge on any atom is 0.346 e. The number of carbonyl (C=O) groups excluding carboxylic acids is 2. The van der Waals surface area contributed by atoms with Crippen molar-refractivity contribution in [2.75, 3.05) is 26.1 Å². The molecule has 0 atom stereocenters. The summed E-state index contributed by atoms with van der Waals surface area (Å²) in [7, 11) is 2.81. The van der Waals surface area contributed by atoms with E-state index < -0.39 is 18.5 Å². The highest BCUT2D eigenvalue weighted by Crippen LogP contribution is 2.32. The van der Waals surface area contributed by atoms with Crippen LogP contribution in [-0.2, 0) is 9.53 Å². The molecule has 0 saturated heterocycles. The first-order valence-electron chi connectivity index (χ1n) is 7.20. The predicted molar refractivity (Wildman–Crippen MR) is 99.9 cm³/mol.